The average Bonchev–Trinajstić information content (AvgIpc) is 3.19. The van der Waals surface area contributed by atoms with E-state index in [1.165, 1.54) is 16.7 Å². The Morgan fingerprint density at radius 2 is 1.71 bits per heavy atom. The van der Waals surface area contributed by atoms with Crippen LogP contribution < -0.4 is 19.7 Å². The zero-order valence-electron chi connectivity index (χ0n) is 19.6. The summed E-state index contributed by atoms with van der Waals surface area (Å²) in [6.45, 7) is 1.99. The van der Waals surface area contributed by atoms with E-state index in [-0.39, 0.29) is 23.3 Å². The number of thioether (sulfide) groups is 1. The summed E-state index contributed by atoms with van der Waals surface area (Å²) in [4.78, 5) is 32.0. The maximum Gasteiger partial charge on any atom is 0.283 e. The number of nitrogens with zero attached hydrogens (tertiary/aromatic N) is 2. The number of carbonyl (C=O) groups excluding carboxylic acids is 2. The van der Waals surface area contributed by atoms with Gasteiger partial charge in [-0.2, -0.15) is 0 Å². The van der Waals surface area contributed by atoms with E-state index in [0.717, 1.165) is 16.8 Å². The van der Waals surface area contributed by atoms with Crippen LogP contribution in [0.1, 0.15) is 11.1 Å². The number of amidine groups is 1. The molecule has 178 valence electrons. The van der Waals surface area contributed by atoms with Gasteiger partial charge in [0.25, 0.3) is 5.91 Å². The topological polar surface area (TPSA) is 80.2 Å². The molecule has 0 atom stereocenters. The van der Waals surface area contributed by atoms with Crippen LogP contribution in [0.5, 0.6) is 11.5 Å². The third-order valence-corrected chi connectivity index (χ3v) is 6.16. The van der Waals surface area contributed by atoms with Gasteiger partial charge in [-0.1, -0.05) is 53.7 Å². The van der Waals surface area contributed by atoms with Crippen molar-refractivity contribution in [2.24, 2.45) is 4.99 Å². The van der Waals surface area contributed by atoms with E-state index < -0.39 is 0 Å². The first kappa shape index (κ1) is 24.1. The van der Waals surface area contributed by atoms with Crippen LogP contribution in [0.4, 0.5) is 11.4 Å². The van der Waals surface area contributed by atoms with Crippen LogP contribution in [0.3, 0.4) is 0 Å². The molecule has 3 aromatic rings. The Morgan fingerprint density at radius 3 is 2.40 bits per heavy atom. The maximum atomic E-state index is 13.3. The molecule has 3 aromatic carbocycles. The standard InChI is InChI=1S/C27H25N3O4S/c1-18-9-12-20(13-10-18)28-25(31)17-35-27-29-22(26(32)30(27)21-7-5-4-6-8-21)15-19-11-14-23(33-2)24(16-19)34-3/h4-16H,17H2,1-3H3,(H,28,31). The molecule has 8 heteroatoms. The highest BCUT2D eigenvalue weighted by atomic mass is 32.2. The van der Waals surface area contributed by atoms with E-state index in [0.29, 0.717) is 22.4 Å². The Morgan fingerprint density at radius 1 is 1.00 bits per heavy atom. The van der Waals surface area contributed by atoms with E-state index >= 15 is 0 Å². The number of methoxy groups -OCH3 is 2. The number of rotatable bonds is 7. The summed E-state index contributed by atoms with van der Waals surface area (Å²) in [6, 6.07) is 22.2. The SMILES string of the molecule is COc1ccc(C=C2N=C(SCC(=O)Nc3ccc(C)cc3)N(c3ccccc3)C2=O)cc1OC. The van der Waals surface area contributed by atoms with E-state index in [9.17, 15) is 9.59 Å². The number of para-hydroxylation sites is 1. The van der Waals surface area contributed by atoms with Gasteiger partial charge in [0.15, 0.2) is 16.7 Å². The molecule has 0 bridgehead atoms. The van der Waals surface area contributed by atoms with Crippen molar-refractivity contribution in [1.82, 2.24) is 0 Å². The van der Waals surface area contributed by atoms with Crippen molar-refractivity contribution in [3.63, 3.8) is 0 Å². The molecule has 7 nitrogen and oxygen atoms in total. The summed E-state index contributed by atoms with van der Waals surface area (Å²) in [5.74, 6) is 0.801. The van der Waals surface area contributed by atoms with Crippen LogP contribution in [-0.2, 0) is 9.59 Å². The molecule has 0 saturated carbocycles. The number of ether oxygens (including phenoxy) is 2. The van der Waals surface area contributed by atoms with Gasteiger partial charge in [0.2, 0.25) is 5.91 Å². The van der Waals surface area contributed by atoms with Gasteiger partial charge in [-0.25, -0.2) is 4.99 Å². The number of hydrogen-bond acceptors (Lipinski definition) is 6. The zero-order valence-corrected chi connectivity index (χ0v) is 20.5. The van der Waals surface area contributed by atoms with Gasteiger partial charge in [0.05, 0.1) is 25.7 Å². The van der Waals surface area contributed by atoms with Gasteiger partial charge < -0.3 is 14.8 Å². The quantitative estimate of drug-likeness (QED) is 0.468. The van der Waals surface area contributed by atoms with Gasteiger partial charge in [0, 0.05) is 5.69 Å². The van der Waals surface area contributed by atoms with Crippen molar-refractivity contribution >= 4 is 46.2 Å². The molecule has 0 spiro atoms. The second-order valence-electron chi connectivity index (χ2n) is 7.72. The van der Waals surface area contributed by atoms with Crippen molar-refractivity contribution in [2.45, 2.75) is 6.92 Å². The number of hydrogen-bond donors (Lipinski definition) is 1. The largest absolute Gasteiger partial charge is 0.493 e. The number of aliphatic imine (C=N–C) groups is 1. The fourth-order valence-electron chi connectivity index (χ4n) is 3.46. The average molecular weight is 488 g/mol. The zero-order chi connectivity index (χ0) is 24.8. The summed E-state index contributed by atoms with van der Waals surface area (Å²) in [7, 11) is 3.12. The van der Waals surface area contributed by atoms with Crippen molar-refractivity contribution in [3.8, 4) is 11.5 Å². The Balaban J connectivity index is 1.57. The number of amides is 2. The minimum absolute atomic E-state index is 0.104. The number of aryl methyl sites for hydroxylation is 1. The Labute approximate surface area is 208 Å². The third kappa shape index (κ3) is 5.73. The minimum Gasteiger partial charge on any atom is -0.493 e. The lowest BCUT2D eigenvalue weighted by atomic mass is 10.1. The van der Waals surface area contributed by atoms with Crippen molar-refractivity contribution in [3.05, 3.63) is 89.6 Å². The normalized spacial score (nSPS) is 14.1. The fraction of sp³-hybridized carbons (Fsp3) is 0.148. The highest BCUT2D eigenvalue weighted by molar-refractivity contribution is 8.14. The number of carbonyl (C=O) groups is 2. The number of benzene rings is 3. The summed E-state index contributed by atoms with van der Waals surface area (Å²) < 4.78 is 10.7. The lowest BCUT2D eigenvalue weighted by molar-refractivity contribution is -0.114. The lowest BCUT2D eigenvalue weighted by Gasteiger charge is -2.17. The van der Waals surface area contributed by atoms with Crippen molar-refractivity contribution in [1.29, 1.82) is 0 Å². The van der Waals surface area contributed by atoms with Gasteiger partial charge in [-0.15, -0.1) is 0 Å². The molecule has 1 aliphatic rings. The van der Waals surface area contributed by atoms with Gasteiger partial charge in [0.1, 0.15) is 5.70 Å². The monoisotopic (exact) mass is 487 g/mol. The second kappa shape index (κ2) is 10.9. The number of anilines is 2. The predicted molar refractivity (Wildman–Crippen MR) is 141 cm³/mol. The molecule has 1 heterocycles. The van der Waals surface area contributed by atoms with Gasteiger partial charge in [-0.05, 0) is 55.0 Å². The second-order valence-corrected chi connectivity index (χ2v) is 8.66. The van der Waals surface area contributed by atoms with Crippen LogP contribution in [0.25, 0.3) is 6.08 Å². The Kier molecular flexibility index (Phi) is 7.52. The summed E-state index contributed by atoms with van der Waals surface area (Å²) in [5, 5.41) is 3.31. The highest BCUT2D eigenvalue weighted by Crippen LogP contribution is 2.32. The molecule has 0 aromatic heterocycles. The van der Waals surface area contributed by atoms with Gasteiger partial charge in [-0.3, -0.25) is 14.5 Å². The molecule has 35 heavy (non-hydrogen) atoms. The van der Waals surface area contributed by atoms with Crippen LogP contribution in [0.15, 0.2) is 83.5 Å². The van der Waals surface area contributed by atoms with Crippen molar-refractivity contribution < 1.29 is 19.1 Å². The first-order valence-corrected chi connectivity index (χ1v) is 11.9. The Hall–Kier alpha value is -4.04. The lowest BCUT2D eigenvalue weighted by Crippen LogP contribution is -2.31. The summed E-state index contributed by atoms with van der Waals surface area (Å²) in [5.41, 5.74) is 3.52. The molecule has 0 fully saturated rings. The molecule has 2 amide bonds. The van der Waals surface area contributed by atoms with Crippen molar-refractivity contribution in [2.75, 3.05) is 30.2 Å². The first-order chi connectivity index (χ1) is 17.0. The smallest absolute Gasteiger partial charge is 0.283 e. The van der Waals surface area contributed by atoms with E-state index in [2.05, 4.69) is 10.3 Å². The number of nitrogens with one attached hydrogen (secondary N) is 1. The van der Waals surface area contributed by atoms with Crippen LogP contribution in [-0.4, -0.2) is 37.0 Å². The predicted octanol–water partition coefficient (Wildman–Crippen LogP) is 5.13. The Bertz CT molecular complexity index is 1290. The molecule has 1 aliphatic heterocycles. The highest BCUT2D eigenvalue weighted by Gasteiger charge is 2.32. The molecule has 0 unspecified atom stereocenters. The van der Waals surface area contributed by atoms with Crippen LogP contribution >= 0.6 is 11.8 Å². The fourth-order valence-corrected chi connectivity index (χ4v) is 4.28. The van der Waals surface area contributed by atoms with Crippen LogP contribution in [0, 0.1) is 6.92 Å². The molecule has 0 saturated heterocycles. The van der Waals surface area contributed by atoms with Crippen LogP contribution in [0.2, 0.25) is 0 Å². The molecule has 0 radical (unpaired) electrons. The molecular formula is C27H25N3O4S. The van der Waals surface area contributed by atoms with E-state index in [4.69, 9.17) is 9.47 Å². The molecule has 1 N–H and O–H groups in total. The molecular weight excluding hydrogens is 462 g/mol. The minimum atomic E-state index is -0.271. The molecule has 0 aliphatic carbocycles. The summed E-state index contributed by atoms with van der Waals surface area (Å²) >= 11 is 1.21. The first-order valence-electron chi connectivity index (χ1n) is 10.9. The molecule has 4 rings (SSSR count). The third-order valence-electron chi connectivity index (χ3n) is 5.22. The maximum absolute atomic E-state index is 13.3. The van der Waals surface area contributed by atoms with E-state index in [1.54, 1.807) is 32.4 Å². The van der Waals surface area contributed by atoms with E-state index in [1.807, 2.05) is 67.6 Å². The summed E-state index contributed by atoms with van der Waals surface area (Å²) in [6.07, 6.45) is 1.69. The van der Waals surface area contributed by atoms with Gasteiger partial charge >= 0.3 is 0 Å².